The second-order valence-electron chi connectivity index (χ2n) is 5.81. The van der Waals surface area contributed by atoms with E-state index in [0.717, 1.165) is 44.5 Å². The molecular formula is C16H20BrFO3. The van der Waals surface area contributed by atoms with Crippen LogP contribution in [0.25, 0.3) is 0 Å². The zero-order valence-electron chi connectivity index (χ0n) is 11.9. The van der Waals surface area contributed by atoms with E-state index in [1.807, 2.05) is 6.07 Å². The fraction of sp³-hybridized carbons (Fsp3) is 0.625. The Morgan fingerprint density at radius 1 is 1.24 bits per heavy atom. The largest absolute Gasteiger partial charge is 0.490 e. The normalized spacial score (nSPS) is 25.0. The minimum atomic E-state index is -0.255. The highest BCUT2D eigenvalue weighted by atomic mass is 79.9. The Bertz CT molecular complexity index is 483. The zero-order valence-corrected chi connectivity index (χ0v) is 13.5. The lowest BCUT2D eigenvalue weighted by Crippen LogP contribution is -2.47. The molecule has 21 heavy (non-hydrogen) atoms. The molecule has 0 amide bonds. The van der Waals surface area contributed by atoms with Gasteiger partial charge in [0, 0.05) is 37.5 Å². The Hall–Kier alpha value is -0.650. The van der Waals surface area contributed by atoms with Gasteiger partial charge in [-0.1, -0.05) is 15.9 Å². The van der Waals surface area contributed by atoms with Gasteiger partial charge in [-0.15, -0.1) is 0 Å². The number of hydrogen-bond donors (Lipinski definition) is 0. The number of ether oxygens (including phenoxy) is 3. The third-order valence-electron chi connectivity index (χ3n) is 4.24. The molecule has 2 fully saturated rings. The van der Waals surface area contributed by atoms with E-state index in [1.54, 1.807) is 0 Å². The van der Waals surface area contributed by atoms with Crippen molar-refractivity contribution in [3.05, 3.63) is 29.6 Å². The average Bonchev–Trinajstić information content (AvgIpc) is 2.47. The minimum Gasteiger partial charge on any atom is -0.490 e. The standard InChI is InChI=1S/C16H20BrFO3/c17-11-12-7-13(18)9-15(8-12)21-14-1-4-20-16(10-14)2-5-19-6-3-16/h7-9,14H,1-6,10-11H2. The Labute approximate surface area is 132 Å². The van der Waals surface area contributed by atoms with Gasteiger partial charge in [-0.3, -0.25) is 0 Å². The molecule has 0 radical (unpaired) electrons. The van der Waals surface area contributed by atoms with Crippen LogP contribution in [0.3, 0.4) is 0 Å². The first kappa shape index (κ1) is 15.3. The first-order valence-electron chi connectivity index (χ1n) is 7.43. The Morgan fingerprint density at radius 2 is 2.05 bits per heavy atom. The van der Waals surface area contributed by atoms with Gasteiger partial charge in [-0.25, -0.2) is 4.39 Å². The molecule has 0 N–H and O–H groups in total. The molecule has 0 aliphatic carbocycles. The highest BCUT2D eigenvalue weighted by Crippen LogP contribution is 2.36. The fourth-order valence-corrected chi connectivity index (χ4v) is 3.46. The van der Waals surface area contributed by atoms with Gasteiger partial charge in [-0.05, 0) is 30.5 Å². The summed E-state index contributed by atoms with van der Waals surface area (Å²) in [5.41, 5.74) is 0.782. The van der Waals surface area contributed by atoms with Gasteiger partial charge in [-0.2, -0.15) is 0 Å². The number of benzene rings is 1. The third-order valence-corrected chi connectivity index (χ3v) is 4.89. The molecule has 2 saturated heterocycles. The van der Waals surface area contributed by atoms with E-state index in [4.69, 9.17) is 14.2 Å². The molecule has 2 heterocycles. The molecule has 0 bridgehead atoms. The fourth-order valence-electron chi connectivity index (χ4n) is 3.13. The molecule has 3 rings (SSSR count). The molecule has 1 aromatic rings. The maximum atomic E-state index is 13.6. The van der Waals surface area contributed by atoms with Crippen LogP contribution in [-0.2, 0) is 14.8 Å². The predicted molar refractivity (Wildman–Crippen MR) is 81.4 cm³/mol. The zero-order chi connectivity index (χ0) is 14.7. The lowest BCUT2D eigenvalue weighted by molar-refractivity contribution is -0.155. The van der Waals surface area contributed by atoms with E-state index in [2.05, 4.69) is 15.9 Å². The summed E-state index contributed by atoms with van der Waals surface area (Å²) in [5.74, 6) is 0.355. The van der Waals surface area contributed by atoms with Crippen molar-refractivity contribution >= 4 is 15.9 Å². The van der Waals surface area contributed by atoms with Gasteiger partial charge in [0.25, 0.3) is 0 Å². The van der Waals surface area contributed by atoms with Crippen molar-refractivity contribution in [3.8, 4) is 5.75 Å². The Balaban J connectivity index is 1.68. The summed E-state index contributed by atoms with van der Waals surface area (Å²) in [6, 6.07) is 4.87. The number of alkyl halides is 1. The molecule has 1 atom stereocenters. The highest BCUT2D eigenvalue weighted by molar-refractivity contribution is 9.08. The summed E-state index contributed by atoms with van der Waals surface area (Å²) in [4.78, 5) is 0. The van der Waals surface area contributed by atoms with E-state index in [9.17, 15) is 4.39 Å². The molecule has 2 aliphatic heterocycles. The highest BCUT2D eigenvalue weighted by Gasteiger charge is 2.39. The quantitative estimate of drug-likeness (QED) is 0.768. The van der Waals surface area contributed by atoms with Gasteiger partial charge in [0.2, 0.25) is 0 Å². The van der Waals surface area contributed by atoms with E-state index >= 15 is 0 Å². The van der Waals surface area contributed by atoms with Gasteiger partial charge in [0.1, 0.15) is 17.7 Å². The average molecular weight is 359 g/mol. The number of halogens is 2. The van der Waals surface area contributed by atoms with Crippen LogP contribution in [0, 0.1) is 5.82 Å². The predicted octanol–water partition coefficient (Wildman–Crippen LogP) is 3.83. The first-order valence-corrected chi connectivity index (χ1v) is 8.55. The summed E-state index contributed by atoms with van der Waals surface area (Å²) < 4.78 is 31.0. The maximum absolute atomic E-state index is 13.6. The van der Waals surface area contributed by atoms with Crippen LogP contribution in [0.4, 0.5) is 4.39 Å². The van der Waals surface area contributed by atoms with Crippen molar-refractivity contribution in [1.82, 2.24) is 0 Å². The Morgan fingerprint density at radius 3 is 2.81 bits per heavy atom. The molecule has 1 spiro atoms. The van der Waals surface area contributed by atoms with Crippen LogP contribution < -0.4 is 4.74 Å². The smallest absolute Gasteiger partial charge is 0.127 e. The SMILES string of the molecule is Fc1cc(CBr)cc(OC2CCOC3(CCOCC3)C2)c1. The number of rotatable bonds is 3. The summed E-state index contributed by atoms with van der Waals surface area (Å²) in [6.07, 6.45) is 3.63. The molecule has 3 nitrogen and oxygen atoms in total. The van der Waals surface area contributed by atoms with Crippen LogP contribution in [0.5, 0.6) is 5.75 Å². The minimum absolute atomic E-state index is 0.0850. The summed E-state index contributed by atoms with van der Waals surface area (Å²) in [6.45, 7) is 2.20. The number of hydrogen-bond acceptors (Lipinski definition) is 3. The van der Waals surface area contributed by atoms with Gasteiger partial charge < -0.3 is 14.2 Å². The Kier molecular flexibility index (Phi) is 4.82. The molecule has 1 aromatic carbocycles. The van der Waals surface area contributed by atoms with E-state index in [1.165, 1.54) is 12.1 Å². The summed E-state index contributed by atoms with van der Waals surface area (Å²) >= 11 is 3.35. The second-order valence-corrected chi connectivity index (χ2v) is 6.37. The lowest BCUT2D eigenvalue weighted by Gasteiger charge is -2.43. The lowest BCUT2D eigenvalue weighted by atomic mass is 9.85. The molecule has 5 heteroatoms. The first-order chi connectivity index (χ1) is 10.2. The van der Waals surface area contributed by atoms with Crippen molar-refractivity contribution in [2.75, 3.05) is 19.8 Å². The third kappa shape index (κ3) is 3.76. The molecule has 0 aromatic heterocycles. The molecule has 1 unspecified atom stereocenters. The van der Waals surface area contributed by atoms with Crippen LogP contribution >= 0.6 is 15.9 Å². The maximum Gasteiger partial charge on any atom is 0.127 e. The van der Waals surface area contributed by atoms with Gasteiger partial charge in [0.15, 0.2) is 0 Å². The molecule has 116 valence electrons. The van der Waals surface area contributed by atoms with Crippen LogP contribution in [0.2, 0.25) is 0 Å². The van der Waals surface area contributed by atoms with Crippen molar-refractivity contribution < 1.29 is 18.6 Å². The molecule has 2 aliphatic rings. The van der Waals surface area contributed by atoms with E-state index in [-0.39, 0.29) is 17.5 Å². The van der Waals surface area contributed by atoms with Crippen LogP contribution in [-0.4, -0.2) is 31.5 Å². The monoisotopic (exact) mass is 358 g/mol. The molecular weight excluding hydrogens is 339 g/mol. The van der Waals surface area contributed by atoms with E-state index < -0.39 is 0 Å². The summed E-state index contributed by atoms with van der Waals surface area (Å²) in [5, 5.41) is 0.621. The van der Waals surface area contributed by atoms with Crippen molar-refractivity contribution in [1.29, 1.82) is 0 Å². The van der Waals surface area contributed by atoms with Crippen LogP contribution in [0.15, 0.2) is 18.2 Å². The van der Waals surface area contributed by atoms with Gasteiger partial charge >= 0.3 is 0 Å². The van der Waals surface area contributed by atoms with E-state index in [0.29, 0.717) is 17.7 Å². The topological polar surface area (TPSA) is 27.7 Å². The van der Waals surface area contributed by atoms with Crippen molar-refractivity contribution in [3.63, 3.8) is 0 Å². The van der Waals surface area contributed by atoms with Crippen LogP contribution in [0.1, 0.15) is 31.2 Å². The van der Waals surface area contributed by atoms with Crippen molar-refractivity contribution in [2.45, 2.75) is 42.7 Å². The molecule has 0 saturated carbocycles. The summed E-state index contributed by atoms with van der Waals surface area (Å²) in [7, 11) is 0. The van der Waals surface area contributed by atoms with Gasteiger partial charge in [0.05, 0.1) is 12.2 Å². The van der Waals surface area contributed by atoms with Crippen molar-refractivity contribution in [2.24, 2.45) is 0 Å². The second kappa shape index (κ2) is 6.63.